The molecule has 3 aromatic rings. The van der Waals surface area contributed by atoms with Crippen molar-refractivity contribution in [2.45, 2.75) is 49.6 Å². The van der Waals surface area contributed by atoms with Crippen molar-refractivity contribution in [1.29, 1.82) is 0 Å². The molecule has 3 aromatic carbocycles. The summed E-state index contributed by atoms with van der Waals surface area (Å²) in [6.07, 6.45) is 4.76. The third-order valence-electron chi connectivity index (χ3n) is 7.40. The second-order valence-electron chi connectivity index (χ2n) is 11.3. The summed E-state index contributed by atoms with van der Waals surface area (Å²) < 4.78 is 27.9. The zero-order valence-corrected chi connectivity index (χ0v) is 24.1. The average Bonchev–Trinajstić information content (AvgIpc) is 3.32. The molecule has 212 valence electrons. The Balaban J connectivity index is 1.35. The average molecular weight is 563 g/mol. The van der Waals surface area contributed by atoms with E-state index in [-0.39, 0.29) is 23.5 Å². The van der Waals surface area contributed by atoms with Gasteiger partial charge in [-0.05, 0) is 91.1 Å². The number of benzene rings is 3. The van der Waals surface area contributed by atoms with Crippen LogP contribution in [0.1, 0.15) is 37.0 Å². The van der Waals surface area contributed by atoms with Gasteiger partial charge in [0.15, 0.2) is 0 Å². The van der Waals surface area contributed by atoms with E-state index in [9.17, 15) is 18.3 Å². The number of hydrogen-bond donors (Lipinski definition) is 3. The molecule has 40 heavy (non-hydrogen) atoms. The largest absolute Gasteiger partial charge is 0.478 e. The number of β-amino-alcohol motifs (C(OH)–C–C–N with tert-alkyl or cyclic N) is 1. The second kappa shape index (κ2) is 12.5. The van der Waals surface area contributed by atoms with E-state index in [1.165, 1.54) is 34.6 Å². The van der Waals surface area contributed by atoms with Gasteiger partial charge in [-0.15, -0.1) is 0 Å². The normalized spacial score (nSPS) is 15.0. The smallest absolute Gasteiger partial charge is 0.328 e. The van der Waals surface area contributed by atoms with Crippen molar-refractivity contribution < 1.29 is 23.4 Å². The van der Waals surface area contributed by atoms with Crippen LogP contribution >= 0.6 is 0 Å². The summed E-state index contributed by atoms with van der Waals surface area (Å²) in [4.78, 5) is 11.0. The lowest BCUT2D eigenvalue weighted by atomic mass is 9.88. The van der Waals surface area contributed by atoms with Crippen LogP contribution in [0, 0.1) is 5.92 Å². The SMILES string of the molecule is CN(C[C@H](O)CNC(C)(C)CC1Cc2ccccc2C1)S(=O)(=O)c1cccc(-c2cccc(C=CC(=O)O)c2)c1. The second-order valence-corrected chi connectivity index (χ2v) is 13.3. The molecular formula is C32H38N2O5S. The van der Waals surface area contributed by atoms with E-state index in [2.05, 4.69) is 43.4 Å². The molecule has 7 nitrogen and oxygen atoms in total. The molecule has 0 fully saturated rings. The number of carboxylic acid groups (broad SMARTS) is 1. The van der Waals surface area contributed by atoms with Crippen LogP contribution in [0.3, 0.4) is 0 Å². The molecule has 3 N–H and O–H groups in total. The molecule has 0 saturated carbocycles. The highest BCUT2D eigenvalue weighted by atomic mass is 32.2. The van der Waals surface area contributed by atoms with Crippen molar-refractivity contribution in [2.24, 2.45) is 5.92 Å². The van der Waals surface area contributed by atoms with Gasteiger partial charge in [0.05, 0.1) is 11.0 Å². The van der Waals surface area contributed by atoms with Gasteiger partial charge in [-0.1, -0.05) is 54.6 Å². The van der Waals surface area contributed by atoms with Crippen LogP contribution in [0.15, 0.2) is 83.8 Å². The fourth-order valence-corrected chi connectivity index (χ4v) is 6.70. The molecule has 1 aliphatic carbocycles. The summed E-state index contributed by atoms with van der Waals surface area (Å²) in [5.41, 5.74) is 4.79. The Morgan fingerprint density at radius 2 is 1.65 bits per heavy atom. The van der Waals surface area contributed by atoms with Crippen LogP contribution in [0.4, 0.5) is 0 Å². The number of sulfonamides is 1. The van der Waals surface area contributed by atoms with Gasteiger partial charge in [-0.25, -0.2) is 13.2 Å². The van der Waals surface area contributed by atoms with Crippen molar-refractivity contribution in [3.63, 3.8) is 0 Å². The maximum absolute atomic E-state index is 13.4. The van der Waals surface area contributed by atoms with E-state index in [1.54, 1.807) is 30.3 Å². The van der Waals surface area contributed by atoms with Crippen LogP contribution in [-0.2, 0) is 27.7 Å². The van der Waals surface area contributed by atoms with Crippen molar-refractivity contribution in [1.82, 2.24) is 9.62 Å². The number of hydrogen-bond acceptors (Lipinski definition) is 5. The maximum atomic E-state index is 13.4. The molecule has 4 rings (SSSR count). The van der Waals surface area contributed by atoms with Crippen molar-refractivity contribution in [3.8, 4) is 11.1 Å². The standard InChI is InChI=1S/C32H38N2O5S/c1-32(2,20-24-17-25-9-4-5-10-26(25)18-24)33-21-29(35)22-34(3)40(38,39)30-13-7-12-28(19-30)27-11-6-8-23(16-27)14-15-31(36)37/h4-16,19,24,29,33,35H,17-18,20-22H2,1-3H3,(H,36,37)/t29-/m1/s1. The summed E-state index contributed by atoms with van der Waals surface area (Å²) in [7, 11) is -2.37. The summed E-state index contributed by atoms with van der Waals surface area (Å²) in [5, 5.41) is 23.1. The zero-order valence-electron chi connectivity index (χ0n) is 23.2. The van der Waals surface area contributed by atoms with E-state index in [1.807, 2.05) is 12.1 Å². The van der Waals surface area contributed by atoms with Gasteiger partial charge in [0, 0.05) is 31.8 Å². The lowest BCUT2D eigenvalue weighted by Gasteiger charge is -2.31. The lowest BCUT2D eigenvalue weighted by molar-refractivity contribution is -0.131. The molecule has 0 unspecified atom stereocenters. The summed E-state index contributed by atoms with van der Waals surface area (Å²) in [5.74, 6) is -0.497. The zero-order chi connectivity index (χ0) is 28.9. The molecule has 0 aliphatic heterocycles. The molecule has 1 aliphatic rings. The number of nitrogens with zero attached hydrogens (tertiary/aromatic N) is 1. The molecule has 1 atom stereocenters. The number of rotatable bonds is 12. The molecule has 0 radical (unpaired) electrons. The molecule has 0 aromatic heterocycles. The van der Waals surface area contributed by atoms with Crippen LogP contribution in [0.2, 0.25) is 0 Å². The number of fused-ring (bicyclic) bond motifs is 1. The lowest BCUT2D eigenvalue weighted by Crippen LogP contribution is -2.47. The van der Waals surface area contributed by atoms with E-state index in [4.69, 9.17) is 5.11 Å². The number of carbonyl (C=O) groups is 1. The first kappa shape index (κ1) is 29.7. The molecular weight excluding hydrogens is 524 g/mol. The van der Waals surface area contributed by atoms with Crippen LogP contribution < -0.4 is 5.32 Å². The number of aliphatic hydroxyl groups is 1. The Morgan fingerprint density at radius 1 is 1.02 bits per heavy atom. The Morgan fingerprint density at radius 3 is 2.30 bits per heavy atom. The first-order valence-corrected chi connectivity index (χ1v) is 14.9. The predicted molar refractivity (Wildman–Crippen MR) is 158 cm³/mol. The Labute approximate surface area is 237 Å². The highest BCUT2D eigenvalue weighted by Crippen LogP contribution is 2.32. The predicted octanol–water partition coefficient (Wildman–Crippen LogP) is 4.61. The van der Waals surface area contributed by atoms with Gasteiger partial charge in [0.25, 0.3) is 0 Å². The fraction of sp³-hybridized carbons (Fsp3) is 0.344. The van der Waals surface area contributed by atoms with E-state index in [0.29, 0.717) is 17.0 Å². The number of aliphatic hydroxyl groups excluding tert-OH is 1. The minimum atomic E-state index is -3.85. The molecule has 0 saturated heterocycles. The Hall–Kier alpha value is -3.30. The van der Waals surface area contributed by atoms with Gasteiger partial charge in [0.1, 0.15) is 0 Å². The van der Waals surface area contributed by atoms with E-state index < -0.39 is 22.1 Å². The first-order valence-electron chi connectivity index (χ1n) is 13.5. The Bertz CT molecular complexity index is 1460. The van der Waals surface area contributed by atoms with Crippen LogP contribution in [0.25, 0.3) is 17.2 Å². The molecule has 8 heteroatoms. The van der Waals surface area contributed by atoms with Gasteiger partial charge in [-0.2, -0.15) is 4.31 Å². The van der Waals surface area contributed by atoms with Crippen LogP contribution in [0.5, 0.6) is 0 Å². The number of likely N-dealkylation sites (N-methyl/N-ethyl adjacent to an activating group) is 1. The number of carboxylic acids is 1. The highest BCUT2D eigenvalue weighted by molar-refractivity contribution is 7.89. The van der Waals surface area contributed by atoms with Crippen molar-refractivity contribution in [2.75, 3.05) is 20.1 Å². The van der Waals surface area contributed by atoms with Crippen molar-refractivity contribution in [3.05, 3.63) is 95.6 Å². The Kier molecular flexibility index (Phi) is 9.26. The summed E-state index contributed by atoms with van der Waals surface area (Å²) in [6.45, 7) is 4.49. The minimum absolute atomic E-state index is 0.0417. The van der Waals surface area contributed by atoms with Gasteiger partial charge < -0.3 is 15.5 Å². The molecule has 0 bridgehead atoms. The number of nitrogens with one attached hydrogen (secondary N) is 1. The summed E-state index contributed by atoms with van der Waals surface area (Å²) >= 11 is 0. The van der Waals surface area contributed by atoms with Gasteiger partial charge in [0.2, 0.25) is 10.0 Å². The maximum Gasteiger partial charge on any atom is 0.328 e. The van der Waals surface area contributed by atoms with Gasteiger partial charge >= 0.3 is 5.97 Å². The molecule has 0 amide bonds. The fourth-order valence-electron chi connectivity index (χ4n) is 5.45. The monoisotopic (exact) mass is 562 g/mol. The van der Waals surface area contributed by atoms with E-state index in [0.717, 1.165) is 30.9 Å². The molecule has 0 spiro atoms. The number of aliphatic carboxylic acids is 1. The quantitative estimate of drug-likeness (QED) is 0.279. The third-order valence-corrected chi connectivity index (χ3v) is 9.22. The van der Waals surface area contributed by atoms with Crippen LogP contribution in [-0.4, -0.2) is 60.7 Å². The van der Waals surface area contributed by atoms with E-state index >= 15 is 0 Å². The first-order chi connectivity index (χ1) is 18.9. The molecule has 0 heterocycles. The summed E-state index contributed by atoms with van der Waals surface area (Å²) in [6, 6.07) is 22.4. The minimum Gasteiger partial charge on any atom is -0.478 e. The highest BCUT2D eigenvalue weighted by Gasteiger charge is 2.29. The van der Waals surface area contributed by atoms with Crippen molar-refractivity contribution >= 4 is 22.1 Å². The van der Waals surface area contributed by atoms with Gasteiger partial charge in [-0.3, -0.25) is 0 Å². The topological polar surface area (TPSA) is 107 Å². The third kappa shape index (κ3) is 7.67.